The minimum Gasteiger partial charge on any atom is -0.199 e. The van der Waals surface area contributed by atoms with Crippen molar-refractivity contribution in [3.63, 3.8) is 0 Å². The van der Waals surface area contributed by atoms with Crippen molar-refractivity contribution >= 4 is 29.1 Å². The van der Waals surface area contributed by atoms with Crippen LogP contribution in [0, 0.1) is 6.92 Å². The van der Waals surface area contributed by atoms with Gasteiger partial charge in [0, 0.05) is 10.5 Å². The van der Waals surface area contributed by atoms with Crippen molar-refractivity contribution in [2.75, 3.05) is 0 Å². The molecule has 18 heavy (non-hydrogen) atoms. The van der Waals surface area contributed by atoms with Gasteiger partial charge in [-0.2, -0.15) is 19.6 Å². The van der Waals surface area contributed by atoms with E-state index in [0.29, 0.717) is 10.9 Å². The van der Waals surface area contributed by atoms with Gasteiger partial charge in [-0.3, -0.25) is 0 Å². The summed E-state index contributed by atoms with van der Waals surface area (Å²) in [6, 6.07) is 10.1. The Morgan fingerprint density at radius 1 is 1.22 bits per heavy atom. The number of hydrogen-bond donors (Lipinski definition) is 0. The molecule has 2 aromatic heterocycles. The molecule has 0 spiro atoms. The van der Waals surface area contributed by atoms with Crippen molar-refractivity contribution in [2.24, 2.45) is 0 Å². The third-order valence-electron chi connectivity index (χ3n) is 2.51. The standard InChI is InChI=1S/C12H9ClN4S/c1-8-10(13)16-12-14-7-15-17(12)11(8)18-9-5-3-2-4-6-9/h2-7H,1H3. The molecule has 0 amide bonds. The lowest BCUT2D eigenvalue weighted by molar-refractivity contribution is 0.825. The number of hydrogen-bond acceptors (Lipinski definition) is 4. The Labute approximate surface area is 113 Å². The third-order valence-corrected chi connectivity index (χ3v) is 4.06. The van der Waals surface area contributed by atoms with E-state index in [4.69, 9.17) is 11.6 Å². The molecule has 4 nitrogen and oxygen atoms in total. The summed E-state index contributed by atoms with van der Waals surface area (Å²) in [5.74, 6) is 0.518. The zero-order chi connectivity index (χ0) is 12.5. The minimum atomic E-state index is 0.467. The van der Waals surface area contributed by atoms with E-state index < -0.39 is 0 Å². The van der Waals surface area contributed by atoms with Crippen LogP contribution < -0.4 is 0 Å². The van der Waals surface area contributed by atoms with Crippen molar-refractivity contribution in [1.29, 1.82) is 0 Å². The van der Waals surface area contributed by atoms with Crippen LogP contribution >= 0.6 is 23.4 Å². The van der Waals surface area contributed by atoms with E-state index >= 15 is 0 Å². The van der Waals surface area contributed by atoms with E-state index in [0.717, 1.165) is 15.5 Å². The van der Waals surface area contributed by atoms with Crippen LogP contribution in [0.15, 0.2) is 46.6 Å². The molecule has 0 aliphatic carbocycles. The maximum Gasteiger partial charge on any atom is 0.254 e. The van der Waals surface area contributed by atoms with E-state index in [1.165, 1.54) is 6.33 Å². The van der Waals surface area contributed by atoms with Crippen LogP contribution in [0.25, 0.3) is 5.78 Å². The summed E-state index contributed by atoms with van der Waals surface area (Å²) in [5, 5.41) is 5.59. The predicted molar refractivity (Wildman–Crippen MR) is 71.1 cm³/mol. The molecule has 6 heteroatoms. The highest BCUT2D eigenvalue weighted by molar-refractivity contribution is 7.99. The second kappa shape index (κ2) is 4.59. The van der Waals surface area contributed by atoms with Crippen molar-refractivity contribution < 1.29 is 0 Å². The fraction of sp³-hybridized carbons (Fsp3) is 0.0833. The molecule has 0 aliphatic heterocycles. The van der Waals surface area contributed by atoms with Crippen molar-refractivity contribution in [1.82, 2.24) is 19.6 Å². The normalized spacial score (nSPS) is 11.0. The molecule has 0 radical (unpaired) electrons. The molecule has 0 atom stereocenters. The summed E-state index contributed by atoms with van der Waals surface area (Å²) in [6.07, 6.45) is 1.48. The van der Waals surface area contributed by atoms with Crippen LogP contribution in [-0.4, -0.2) is 19.6 Å². The lowest BCUT2D eigenvalue weighted by atomic mass is 10.4. The Kier molecular flexibility index (Phi) is 2.93. The van der Waals surface area contributed by atoms with E-state index in [2.05, 4.69) is 15.1 Å². The summed E-state index contributed by atoms with van der Waals surface area (Å²) in [7, 11) is 0. The van der Waals surface area contributed by atoms with Gasteiger partial charge in [-0.05, 0) is 19.1 Å². The zero-order valence-corrected chi connectivity index (χ0v) is 11.1. The largest absolute Gasteiger partial charge is 0.254 e. The maximum absolute atomic E-state index is 6.11. The van der Waals surface area contributed by atoms with Gasteiger partial charge in [0.15, 0.2) is 0 Å². The highest BCUT2D eigenvalue weighted by Gasteiger charge is 2.13. The molecule has 1 aromatic carbocycles. The summed E-state index contributed by atoms with van der Waals surface area (Å²) in [5.41, 5.74) is 0.906. The molecule has 3 aromatic rings. The molecule has 0 N–H and O–H groups in total. The van der Waals surface area contributed by atoms with Crippen LogP contribution in [0.2, 0.25) is 5.15 Å². The average Bonchev–Trinajstić information content (AvgIpc) is 2.84. The molecule has 0 saturated heterocycles. The number of fused-ring (bicyclic) bond motifs is 1. The number of rotatable bonds is 2. The molecule has 0 unspecified atom stereocenters. The first kappa shape index (κ1) is 11.5. The molecule has 0 fully saturated rings. The fourth-order valence-electron chi connectivity index (χ4n) is 1.59. The Morgan fingerprint density at radius 2 is 2.00 bits per heavy atom. The van der Waals surface area contributed by atoms with Gasteiger partial charge in [0.2, 0.25) is 0 Å². The molecule has 2 heterocycles. The van der Waals surface area contributed by atoms with Gasteiger partial charge in [-0.15, -0.1) is 0 Å². The van der Waals surface area contributed by atoms with Gasteiger partial charge in [-0.1, -0.05) is 41.6 Å². The van der Waals surface area contributed by atoms with Gasteiger partial charge in [0.05, 0.1) is 0 Å². The SMILES string of the molecule is Cc1c(Cl)nc2ncnn2c1Sc1ccccc1. The first-order chi connectivity index (χ1) is 8.75. The van der Waals surface area contributed by atoms with Crippen LogP contribution in [0.3, 0.4) is 0 Å². The molecule has 0 aliphatic rings. The van der Waals surface area contributed by atoms with E-state index in [1.54, 1.807) is 16.3 Å². The summed E-state index contributed by atoms with van der Waals surface area (Å²) >= 11 is 7.71. The van der Waals surface area contributed by atoms with Gasteiger partial charge >= 0.3 is 0 Å². The summed E-state index contributed by atoms with van der Waals surface area (Å²) in [6.45, 7) is 1.93. The first-order valence-electron chi connectivity index (χ1n) is 5.34. The Balaban J connectivity index is 2.16. The smallest absolute Gasteiger partial charge is 0.199 e. The second-order valence-corrected chi connectivity index (χ2v) is 5.14. The van der Waals surface area contributed by atoms with Crippen molar-refractivity contribution in [3.8, 4) is 0 Å². The van der Waals surface area contributed by atoms with Gasteiger partial charge < -0.3 is 0 Å². The van der Waals surface area contributed by atoms with Gasteiger partial charge in [0.25, 0.3) is 5.78 Å². The molecule has 3 rings (SSSR count). The molecular formula is C12H9ClN4S. The van der Waals surface area contributed by atoms with E-state index in [-0.39, 0.29) is 0 Å². The minimum absolute atomic E-state index is 0.467. The van der Waals surface area contributed by atoms with Gasteiger partial charge in [0.1, 0.15) is 16.5 Å². The Bertz CT molecular complexity index is 696. The molecule has 0 bridgehead atoms. The highest BCUT2D eigenvalue weighted by Crippen LogP contribution is 2.32. The average molecular weight is 277 g/mol. The lowest BCUT2D eigenvalue weighted by Crippen LogP contribution is -1.99. The summed E-state index contributed by atoms with van der Waals surface area (Å²) < 4.78 is 1.71. The van der Waals surface area contributed by atoms with Crippen LogP contribution in [0.5, 0.6) is 0 Å². The lowest BCUT2D eigenvalue weighted by Gasteiger charge is -2.08. The Hall–Kier alpha value is -1.59. The topological polar surface area (TPSA) is 43.1 Å². The van der Waals surface area contributed by atoms with E-state index in [9.17, 15) is 0 Å². The predicted octanol–water partition coefficient (Wildman–Crippen LogP) is 3.24. The second-order valence-electron chi connectivity index (χ2n) is 3.72. The molecular weight excluding hydrogens is 268 g/mol. The van der Waals surface area contributed by atoms with Gasteiger partial charge in [-0.25, -0.2) is 0 Å². The maximum atomic E-state index is 6.11. The quantitative estimate of drug-likeness (QED) is 0.674. The van der Waals surface area contributed by atoms with Crippen LogP contribution in [0.4, 0.5) is 0 Å². The van der Waals surface area contributed by atoms with Crippen LogP contribution in [0.1, 0.15) is 5.56 Å². The fourth-order valence-corrected chi connectivity index (χ4v) is 2.80. The number of nitrogens with zero attached hydrogens (tertiary/aromatic N) is 4. The number of benzene rings is 1. The molecule has 0 saturated carbocycles. The zero-order valence-electron chi connectivity index (χ0n) is 9.54. The van der Waals surface area contributed by atoms with Crippen LogP contribution in [-0.2, 0) is 0 Å². The number of halogens is 1. The summed E-state index contributed by atoms with van der Waals surface area (Å²) in [4.78, 5) is 9.37. The van der Waals surface area contributed by atoms with Crippen molar-refractivity contribution in [3.05, 3.63) is 47.4 Å². The highest BCUT2D eigenvalue weighted by atomic mass is 35.5. The first-order valence-corrected chi connectivity index (χ1v) is 6.54. The molecule has 90 valence electrons. The third kappa shape index (κ3) is 1.95. The monoisotopic (exact) mass is 276 g/mol. The van der Waals surface area contributed by atoms with Crippen molar-refractivity contribution in [2.45, 2.75) is 16.8 Å². The Morgan fingerprint density at radius 3 is 2.78 bits per heavy atom. The number of aromatic nitrogens is 4. The van der Waals surface area contributed by atoms with E-state index in [1.807, 2.05) is 37.3 Å².